The van der Waals surface area contributed by atoms with Crippen LogP contribution in [0.4, 0.5) is 4.39 Å². The fraction of sp³-hybridized carbons (Fsp3) is 0.417. The van der Waals surface area contributed by atoms with Crippen LogP contribution in [0.15, 0.2) is 23.1 Å². The van der Waals surface area contributed by atoms with Crippen molar-refractivity contribution in [3.63, 3.8) is 0 Å². The van der Waals surface area contributed by atoms with Crippen LogP contribution in [0.25, 0.3) is 0 Å². The fourth-order valence-corrected chi connectivity index (χ4v) is 2.33. The highest BCUT2D eigenvalue weighted by Gasteiger charge is 2.20. The van der Waals surface area contributed by atoms with Crippen LogP contribution in [-0.2, 0) is 0 Å². The number of halogens is 1. The summed E-state index contributed by atoms with van der Waals surface area (Å²) in [7, 11) is 1.69. The van der Waals surface area contributed by atoms with E-state index >= 15 is 0 Å². The van der Waals surface area contributed by atoms with Gasteiger partial charge in [0.2, 0.25) is 0 Å². The first-order valence-electron chi connectivity index (χ1n) is 5.22. The highest BCUT2D eigenvalue weighted by molar-refractivity contribution is 7.98. The first-order chi connectivity index (χ1) is 7.97. The van der Waals surface area contributed by atoms with Gasteiger partial charge in [0.15, 0.2) is 0 Å². The summed E-state index contributed by atoms with van der Waals surface area (Å²) in [6.07, 6.45) is 1.98. The molecule has 1 amide bonds. The van der Waals surface area contributed by atoms with Gasteiger partial charge >= 0.3 is 0 Å². The predicted octanol–water partition coefficient (Wildman–Crippen LogP) is 2.94. The second-order valence-electron chi connectivity index (χ2n) is 3.88. The smallest absolute Gasteiger partial charge is 0.256 e. The number of carbonyl (C=O) groups is 1. The van der Waals surface area contributed by atoms with Crippen LogP contribution in [0.3, 0.4) is 0 Å². The Bertz CT molecular complexity index is 411. The van der Waals surface area contributed by atoms with E-state index in [1.807, 2.05) is 13.2 Å². The Balaban J connectivity index is 2.92. The highest BCUT2D eigenvalue weighted by Crippen LogP contribution is 2.16. The molecule has 0 aliphatic carbocycles. The lowest BCUT2D eigenvalue weighted by atomic mass is 10.1. The number of hydrogen-bond acceptors (Lipinski definition) is 3. The molecule has 0 aromatic heterocycles. The Hall–Kier alpha value is -0.680. The minimum Gasteiger partial charge on any atom is -0.338 e. The van der Waals surface area contributed by atoms with Gasteiger partial charge in [-0.25, -0.2) is 4.39 Å². The van der Waals surface area contributed by atoms with E-state index in [0.29, 0.717) is 4.90 Å². The van der Waals surface area contributed by atoms with Gasteiger partial charge in [-0.3, -0.25) is 4.79 Å². The van der Waals surface area contributed by atoms with Crippen LogP contribution in [0.1, 0.15) is 17.3 Å². The third-order valence-corrected chi connectivity index (χ3v) is 3.66. The molecule has 0 bridgehead atoms. The summed E-state index contributed by atoms with van der Waals surface area (Å²) in [4.78, 5) is 14.2. The maximum atomic E-state index is 13.5. The van der Waals surface area contributed by atoms with Gasteiger partial charge in [0.25, 0.3) is 5.91 Å². The molecule has 0 spiro atoms. The molecule has 17 heavy (non-hydrogen) atoms. The normalized spacial score (nSPS) is 12.3. The average molecular weight is 273 g/mol. The maximum absolute atomic E-state index is 13.5. The molecule has 94 valence electrons. The highest BCUT2D eigenvalue weighted by atomic mass is 32.2. The number of amides is 1. The van der Waals surface area contributed by atoms with Gasteiger partial charge < -0.3 is 4.90 Å². The van der Waals surface area contributed by atoms with Gasteiger partial charge in [0, 0.05) is 23.7 Å². The standard InChI is InChI=1S/C12H16FNOS2/c1-8(7-17-3)14(2)12(15)10-6-9(16)4-5-11(10)13/h4-6,8,16H,7H2,1-3H3. The molecule has 1 atom stereocenters. The number of thiol groups is 1. The molecule has 1 unspecified atom stereocenters. The number of benzene rings is 1. The maximum Gasteiger partial charge on any atom is 0.256 e. The van der Waals surface area contributed by atoms with E-state index < -0.39 is 5.82 Å². The number of hydrogen-bond donors (Lipinski definition) is 1. The molecule has 0 fully saturated rings. The van der Waals surface area contributed by atoms with E-state index in [-0.39, 0.29) is 17.5 Å². The van der Waals surface area contributed by atoms with E-state index in [0.717, 1.165) is 5.75 Å². The molecule has 0 saturated carbocycles. The van der Waals surface area contributed by atoms with Crippen LogP contribution in [0.5, 0.6) is 0 Å². The molecule has 2 nitrogen and oxygen atoms in total. The van der Waals surface area contributed by atoms with Crippen LogP contribution >= 0.6 is 24.4 Å². The molecule has 5 heteroatoms. The Labute approximate surface area is 111 Å². The van der Waals surface area contributed by atoms with Crippen molar-refractivity contribution in [3.05, 3.63) is 29.6 Å². The largest absolute Gasteiger partial charge is 0.338 e. The fourth-order valence-electron chi connectivity index (χ4n) is 1.42. The van der Waals surface area contributed by atoms with Crippen molar-refractivity contribution in [2.45, 2.75) is 17.9 Å². The van der Waals surface area contributed by atoms with Crippen molar-refractivity contribution >= 4 is 30.3 Å². The third-order valence-electron chi connectivity index (χ3n) is 2.57. The molecule has 0 heterocycles. The van der Waals surface area contributed by atoms with E-state index in [1.165, 1.54) is 18.2 Å². The summed E-state index contributed by atoms with van der Waals surface area (Å²) < 4.78 is 13.5. The summed E-state index contributed by atoms with van der Waals surface area (Å²) in [6.45, 7) is 1.94. The molecule has 0 aliphatic rings. The van der Waals surface area contributed by atoms with Crippen LogP contribution < -0.4 is 0 Å². The van der Waals surface area contributed by atoms with E-state index in [4.69, 9.17) is 0 Å². The lowest BCUT2D eigenvalue weighted by Crippen LogP contribution is -2.37. The van der Waals surface area contributed by atoms with Gasteiger partial charge in [-0.05, 0) is 31.4 Å². The first-order valence-corrected chi connectivity index (χ1v) is 7.06. The Kier molecular flexibility index (Phi) is 5.33. The zero-order valence-corrected chi connectivity index (χ0v) is 11.8. The Morgan fingerprint density at radius 3 is 2.82 bits per heavy atom. The quantitative estimate of drug-likeness (QED) is 0.851. The summed E-state index contributed by atoms with van der Waals surface area (Å²) >= 11 is 5.77. The number of thioether (sulfide) groups is 1. The SMILES string of the molecule is CSCC(C)N(C)C(=O)c1cc(S)ccc1F. The molecular formula is C12H16FNOS2. The minimum absolute atomic E-state index is 0.0699. The number of carbonyl (C=O) groups excluding carboxylic acids is 1. The molecule has 1 aromatic carbocycles. The monoisotopic (exact) mass is 273 g/mol. The van der Waals surface area contributed by atoms with E-state index in [1.54, 1.807) is 23.7 Å². The Morgan fingerprint density at radius 2 is 2.24 bits per heavy atom. The topological polar surface area (TPSA) is 20.3 Å². The van der Waals surface area contributed by atoms with Gasteiger partial charge in [-0.1, -0.05) is 0 Å². The molecule has 0 radical (unpaired) electrons. The van der Waals surface area contributed by atoms with Gasteiger partial charge in [0.05, 0.1) is 5.56 Å². The van der Waals surface area contributed by atoms with Gasteiger partial charge in [-0.2, -0.15) is 11.8 Å². The van der Waals surface area contributed by atoms with Crippen molar-refractivity contribution < 1.29 is 9.18 Å². The zero-order valence-electron chi connectivity index (χ0n) is 10.1. The summed E-state index contributed by atoms with van der Waals surface area (Å²) in [5, 5.41) is 0. The summed E-state index contributed by atoms with van der Waals surface area (Å²) in [6, 6.07) is 4.33. The predicted molar refractivity (Wildman–Crippen MR) is 73.6 cm³/mol. The second-order valence-corrected chi connectivity index (χ2v) is 5.31. The molecular weight excluding hydrogens is 257 g/mol. The van der Waals surface area contributed by atoms with Crippen LogP contribution in [0.2, 0.25) is 0 Å². The van der Waals surface area contributed by atoms with Crippen molar-refractivity contribution in [3.8, 4) is 0 Å². The average Bonchev–Trinajstić information content (AvgIpc) is 2.30. The van der Waals surface area contributed by atoms with Crippen molar-refractivity contribution in [2.24, 2.45) is 0 Å². The number of rotatable bonds is 4. The molecule has 0 N–H and O–H groups in total. The van der Waals surface area contributed by atoms with Gasteiger partial charge in [-0.15, -0.1) is 12.6 Å². The summed E-state index contributed by atoms with van der Waals surface area (Å²) in [5.41, 5.74) is 0.0768. The molecule has 0 saturated heterocycles. The summed E-state index contributed by atoms with van der Waals surface area (Å²) in [5.74, 6) is 0.0145. The van der Waals surface area contributed by atoms with Gasteiger partial charge in [0.1, 0.15) is 5.82 Å². The van der Waals surface area contributed by atoms with Crippen LogP contribution in [-0.4, -0.2) is 35.9 Å². The van der Waals surface area contributed by atoms with Crippen LogP contribution in [0, 0.1) is 5.82 Å². The van der Waals surface area contributed by atoms with Crippen molar-refractivity contribution in [2.75, 3.05) is 19.1 Å². The zero-order chi connectivity index (χ0) is 13.0. The lowest BCUT2D eigenvalue weighted by Gasteiger charge is -2.24. The van der Waals surface area contributed by atoms with Crippen molar-refractivity contribution in [1.29, 1.82) is 0 Å². The van der Waals surface area contributed by atoms with E-state index in [2.05, 4.69) is 12.6 Å². The first kappa shape index (κ1) is 14.4. The molecule has 0 aliphatic heterocycles. The third kappa shape index (κ3) is 3.64. The number of nitrogens with zero attached hydrogens (tertiary/aromatic N) is 1. The Morgan fingerprint density at radius 1 is 1.59 bits per heavy atom. The minimum atomic E-state index is -0.504. The second kappa shape index (κ2) is 6.31. The lowest BCUT2D eigenvalue weighted by molar-refractivity contribution is 0.0752. The molecule has 1 rings (SSSR count). The van der Waals surface area contributed by atoms with E-state index in [9.17, 15) is 9.18 Å². The molecule has 1 aromatic rings. The van der Waals surface area contributed by atoms with Crippen molar-refractivity contribution in [1.82, 2.24) is 4.90 Å².